The molecule has 0 aliphatic carbocycles. The summed E-state index contributed by atoms with van der Waals surface area (Å²) in [6, 6.07) is 1.65. The minimum absolute atomic E-state index is 0.0435. The van der Waals surface area contributed by atoms with Gasteiger partial charge in [0.2, 0.25) is 0 Å². The van der Waals surface area contributed by atoms with E-state index in [-0.39, 0.29) is 18.0 Å². The number of nitrogens with one attached hydrogen (secondary N) is 1. The molecule has 2 rings (SSSR count). The summed E-state index contributed by atoms with van der Waals surface area (Å²) in [5.74, 6) is 0.629. The Balaban J connectivity index is 2.33. The molecule has 1 aliphatic rings. The average molecular weight is 269 g/mol. The van der Waals surface area contributed by atoms with Crippen molar-refractivity contribution in [3.8, 4) is 0 Å². The highest BCUT2D eigenvalue weighted by molar-refractivity contribution is 6.36. The quantitative estimate of drug-likeness (QED) is 0.631. The summed E-state index contributed by atoms with van der Waals surface area (Å²) >= 11 is 6.27. The van der Waals surface area contributed by atoms with Gasteiger partial charge < -0.3 is 15.4 Å². The van der Waals surface area contributed by atoms with E-state index in [2.05, 4.69) is 9.88 Å². The van der Waals surface area contributed by atoms with Gasteiger partial charge in [0, 0.05) is 24.8 Å². The second-order valence-electron chi connectivity index (χ2n) is 4.57. The zero-order valence-corrected chi connectivity index (χ0v) is 11.2. The van der Waals surface area contributed by atoms with Gasteiger partial charge in [-0.1, -0.05) is 11.6 Å². The van der Waals surface area contributed by atoms with Gasteiger partial charge >= 0.3 is 0 Å². The summed E-state index contributed by atoms with van der Waals surface area (Å²) in [7, 11) is 0. The molecular formula is C12H17ClN4O. The van der Waals surface area contributed by atoms with Gasteiger partial charge in [0.1, 0.15) is 11.7 Å². The fraction of sp³-hybridized carbons (Fsp3) is 0.500. The number of ether oxygens (including phenoxy) is 1. The van der Waals surface area contributed by atoms with Crippen LogP contribution in [0.1, 0.15) is 19.4 Å². The summed E-state index contributed by atoms with van der Waals surface area (Å²) in [5.41, 5.74) is 6.02. The van der Waals surface area contributed by atoms with Crippen LogP contribution in [0.3, 0.4) is 0 Å². The molecule has 18 heavy (non-hydrogen) atoms. The second-order valence-corrected chi connectivity index (χ2v) is 4.95. The van der Waals surface area contributed by atoms with Crippen molar-refractivity contribution in [2.45, 2.75) is 26.1 Å². The van der Waals surface area contributed by atoms with Gasteiger partial charge in [-0.15, -0.1) is 0 Å². The van der Waals surface area contributed by atoms with Crippen molar-refractivity contribution in [1.29, 1.82) is 5.41 Å². The van der Waals surface area contributed by atoms with Crippen LogP contribution in [-0.2, 0) is 4.74 Å². The predicted octanol–water partition coefficient (Wildman–Crippen LogP) is 1.63. The van der Waals surface area contributed by atoms with E-state index in [4.69, 9.17) is 27.5 Å². The summed E-state index contributed by atoms with van der Waals surface area (Å²) in [5, 5.41) is 7.92. The van der Waals surface area contributed by atoms with Crippen LogP contribution in [0, 0.1) is 5.41 Å². The number of aromatic nitrogens is 1. The molecule has 2 heterocycles. The lowest BCUT2D eigenvalue weighted by Crippen LogP contribution is -2.46. The minimum Gasteiger partial charge on any atom is -0.384 e. The fourth-order valence-corrected chi connectivity index (χ4v) is 2.55. The van der Waals surface area contributed by atoms with Gasteiger partial charge in [-0.2, -0.15) is 0 Å². The molecule has 0 aromatic carbocycles. The molecule has 1 aliphatic heterocycles. The third-order valence-electron chi connectivity index (χ3n) is 2.88. The summed E-state index contributed by atoms with van der Waals surface area (Å²) in [6.45, 7) is 5.51. The number of nitrogens with two attached hydrogens (primary N) is 1. The number of anilines is 1. The molecule has 5 nitrogen and oxygen atoms in total. The number of hydrogen-bond donors (Lipinski definition) is 2. The zero-order valence-electron chi connectivity index (χ0n) is 10.5. The molecule has 1 aromatic heterocycles. The lowest BCUT2D eigenvalue weighted by atomic mass is 10.2. The molecule has 0 radical (unpaired) electrons. The van der Waals surface area contributed by atoms with Crippen LogP contribution >= 0.6 is 11.6 Å². The van der Waals surface area contributed by atoms with E-state index in [1.807, 2.05) is 13.8 Å². The van der Waals surface area contributed by atoms with Crippen molar-refractivity contribution in [2.24, 2.45) is 5.73 Å². The van der Waals surface area contributed by atoms with E-state index in [1.54, 1.807) is 12.3 Å². The molecule has 6 heteroatoms. The van der Waals surface area contributed by atoms with Gasteiger partial charge in [-0.05, 0) is 19.9 Å². The first-order valence-corrected chi connectivity index (χ1v) is 6.26. The van der Waals surface area contributed by atoms with Crippen molar-refractivity contribution in [3.63, 3.8) is 0 Å². The van der Waals surface area contributed by atoms with E-state index in [0.717, 1.165) is 13.1 Å². The lowest BCUT2D eigenvalue weighted by Gasteiger charge is -2.36. The van der Waals surface area contributed by atoms with E-state index >= 15 is 0 Å². The Kier molecular flexibility index (Phi) is 3.73. The van der Waals surface area contributed by atoms with Gasteiger partial charge in [-0.3, -0.25) is 5.41 Å². The Morgan fingerprint density at radius 1 is 1.50 bits per heavy atom. The molecule has 1 saturated heterocycles. The number of halogens is 1. The molecule has 1 aromatic rings. The molecule has 3 N–H and O–H groups in total. The number of nitrogen functional groups attached to an aromatic ring is 1. The molecule has 0 amide bonds. The van der Waals surface area contributed by atoms with Crippen LogP contribution in [-0.4, -0.2) is 36.1 Å². The average Bonchev–Trinajstić information content (AvgIpc) is 2.27. The highest BCUT2D eigenvalue weighted by Gasteiger charge is 2.25. The number of amidine groups is 1. The highest BCUT2D eigenvalue weighted by Crippen LogP contribution is 2.28. The third kappa shape index (κ3) is 2.57. The standard InChI is InChI=1S/C12H17ClN4O/c1-7-5-17(6-8(2)18-7)12-10(13)9(11(14)15)3-4-16-12/h3-4,7-8H,5-6H2,1-2H3,(H3,14,15)/t7-,8+. The summed E-state index contributed by atoms with van der Waals surface area (Å²) in [6.07, 6.45) is 1.89. The van der Waals surface area contributed by atoms with E-state index in [1.165, 1.54) is 0 Å². The topological polar surface area (TPSA) is 75.2 Å². The van der Waals surface area contributed by atoms with Crippen molar-refractivity contribution in [3.05, 3.63) is 22.8 Å². The monoisotopic (exact) mass is 268 g/mol. The maximum Gasteiger partial charge on any atom is 0.148 e. The number of nitrogens with zero attached hydrogens (tertiary/aromatic N) is 2. The van der Waals surface area contributed by atoms with E-state index in [9.17, 15) is 0 Å². The molecule has 0 spiro atoms. The fourth-order valence-electron chi connectivity index (χ4n) is 2.21. The number of pyridine rings is 1. The number of hydrogen-bond acceptors (Lipinski definition) is 4. The van der Waals surface area contributed by atoms with Crippen molar-refractivity contribution >= 4 is 23.3 Å². The highest BCUT2D eigenvalue weighted by atomic mass is 35.5. The molecule has 0 unspecified atom stereocenters. The first-order valence-electron chi connectivity index (χ1n) is 5.88. The first kappa shape index (κ1) is 13.1. The van der Waals surface area contributed by atoms with Crippen LogP contribution in [0.15, 0.2) is 12.3 Å². The van der Waals surface area contributed by atoms with E-state index < -0.39 is 0 Å². The van der Waals surface area contributed by atoms with Crippen LogP contribution < -0.4 is 10.6 Å². The van der Waals surface area contributed by atoms with Crippen LogP contribution in [0.2, 0.25) is 5.02 Å². The molecule has 0 saturated carbocycles. The van der Waals surface area contributed by atoms with Crippen LogP contribution in [0.5, 0.6) is 0 Å². The van der Waals surface area contributed by atoms with Gasteiger partial charge in [0.15, 0.2) is 0 Å². The molecule has 0 bridgehead atoms. The van der Waals surface area contributed by atoms with Crippen molar-refractivity contribution in [1.82, 2.24) is 4.98 Å². The Morgan fingerprint density at radius 3 is 2.67 bits per heavy atom. The van der Waals surface area contributed by atoms with Gasteiger partial charge in [0.05, 0.1) is 17.2 Å². The van der Waals surface area contributed by atoms with Gasteiger partial charge in [-0.25, -0.2) is 4.98 Å². The van der Waals surface area contributed by atoms with Crippen LogP contribution in [0.25, 0.3) is 0 Å². The SMILES string of the molecule is C[C@@H]1CN(c2nccc(C(=N)N)c2Cl)C[C@H](C)O1. The predicted molar refractivity (Wildman–Crippen MR) is 72.5 cm³/mol. The smallest absolute Gasteiger partial charge is 0.148 e. The van der Waals surface area contributed by atoms with Crippen molar-refractivity contribution < 1.29 is 4.74 Å². The summed E-state index contributed by atoms with van der Waals surface area (Å²) < 4.78 is 5.68. The second kappa shape index (κ2) is 5.12. The minimum atomic E-state index is -0.0435. The largest absolute Gasteiger partial charge is 0.384 e. The van der Waals surface area contributed by atoms with Gasteiger partial charge in [0.25, 0.3) is 0 Å². The zero-order chi connectivity index (χ0) is 13.3. The molecular weight excluding hydrogens is 252 g/mol. The third-order valence-corrected chi connectivity index (χ3v) is 3.25. The first-order chi connectivity index (χ1) is 8.49. The normalized spacial score (nSPS) is 24.1. The molecule has 98 valence electrons. The Hall–Kier alpha value is -1.33. The van der Waals surface area contributed by atoms with Crippen LogP contribution in [0.4, 0.5) is 5.82 Å². The molecule has 1 fully saturated rings. The number of morpholine rings is 1. The Morgan fingerprint density at radius 2 is 2.11 bits per heavy atom. The lowest BCUT2D eigenvalue weighted by molar-refractivity contribution is -0.00545. The Labute approximate surface area is 111 Å². The van der Waals surface area contributed by atoms with Crippen molar-refractivity contribution in [2.75, 3.05) is 18.0 Å². The van der Waals surface area contributed by atoms with E-state index in [0.29, 0.717) is 16.4 Å². The molecule has 2 atom stereocenters. The Bertz CT molecular complexity index is 455. The maximum atomic E-state index is 7.49. The number of rotatable bonds is 2. The summed E-state index contributed by atoms with van der Waals surface area (Å²) in [4.78, 5) is 6.38. The maximum absolute atomic E-state index is 7.49.